The molecular formula is C13H16ClFN2O3. The summed E-state index contributed by atoms with van der Waals surface area (Å²) in [5.74, 6) is -1.34. The van der Waals surface area contributed by atoms with Gasteiger partial charge < -0.3 is 15.7 Å². The van der Waals surface area contributed by atoms with Crippen molar-refractivity contribution in [1.82, 2.24) is 10.6 Å². The number of carboxylic acids is 1. The molecule has 0 aliphatic heterocycles. The second kappa shape index (κ2) is 7.69. The SMILES string of the molecule is CC(NC(=O)NCCCC(=O)O)c1ccc(F)cc1Cl. The van der Waals surface area contributed by atoms with Crippen molar-refractivity contribution in [2.24, 2.45) is 0 Å². The number of aliphatic carboxylic acids is 1. The lowest BCUT2D eigenvalue weighted by Gasteiger charge is -2.16. The smallest absolute Gasteiger partial charge is 0.315 e. The van der Waals surface area contributed by atoms with Gasteiger partial charge in [-0.1, -0.05) is 17.7 Å². The normalized spacial score (nSPS) is 11.8. The number of hydrogen-bond acceptors (Lipinski definition) is 2. The second-order valence-electron chi connectivity index (χ2n) is 4.29. The third-order valence-corrected chi connectivity index (χ3v) is 2.96. The van der Waals surface area contributed by atoms with Gasteiger partial charge >= 0.3 is 12.0 Å². The third kappa shape index (κ3) is 5.44. The molecule has 1 aromatic rings. The summed E-state index contributed by atoms with van der Waals surface area (Å²) in [6.07, 6.45) is 0.355. The highest BCUT2D eigenvalue weighted by molar-refractivity contribution is 6.31. The number of halogens is 2. The molecule has 1 rings (SSSR count). The number of carboxylic acid groups (broad SMARTS) is 1. The predicted molar refractivity (Wildman–Crippen MR) is 73.2 cm³/mol. The Kier molecular flexibility index (Phi) is 6.24. The van der Waals surface area contributed by atoms with Crippen LogP contribution < -0.4 is 10.6 Å². The molecule has 0 aromatic heterocycles. The van der Waals surface area contributed by atoms with Crippen LogP contribution >= 0.6 is 11.6 Å². The molecule has 0 radical (unpaired) electrons. The molecule has 0 aliphatic rings. The van der Waals surface area contributed by atoms with Gasteiger partial charge in [0.2, 0.25) is 0 Å². The van der Waals surface area contributed by atoms with Gasteiger partial charge in [-0.3, -0.25) is 4.79 Å². The van der Waals surface area contributed by atoms with Crippen LogP contribution in [0.3, 0.4) is 0 Å². The van der Waals surface area contributed by atoms with Gasteiger partial charge in [0.25, 0.3) is 0 Å². The third-order valence-electron chi connectivity index (χ3n) is 2.63. The molecular weight excluding hydrogens is 287 g/mol. The van der Waals surface area contributed by atoms with Gasteiger partial charge in [-0.05, 0) is 31.0 Å². The molecule has 1 aromatic carbocycles. The van der Waals surface area contributed by atoms with E-state index < -0.39 is 17.8 Å². The van der Waals surface area contributed by atoms with Gasteiger partial charge in [-0.15, -0.1) is 0 Å². The van der Waals surface area contributed by atoms with Crippen molar-refractivity contribution < 1.29 is 19.1 Å². The van der Waals surface area contributed by atoms with Crippen LogP contribution in [0.15, 0.2) is 18.2 Å². The highest BCUT2D eigenvalue weighted by Gasteiger charge is 2.12. The Hall–Kier alpha value is -1.82. The largest absolute Gasteiger partial charge is 0.481 e. The zero-order valence-corrected chi connectivity index (χ0v) is 11.7. The Balaban J connectivity index is 2.43. The summed E-state index contributed by atoms with van der Waals surface area (Å²) in [5, 5.41) is 13.9. The van der Waals surface area contributed by atoms with E-state index in [1.807, 2.05) is 0 Å². The number of rotatable bonds is 6. The number of carbonyl (C=O) groups excluding carboxylic acids is 1. The number of hydrogen-bond donors (Lipinski definition) is 3. The van der Waals surface area contributed by atoms with Crippen LogP contribution in [-0.2, 0) is 4.79 Å². The lowest BCUT2D eigenvalue weighted by Crippen LogP contribution is -2.37. The van der Waals surface area contributed by atoms with E-state index in [2.05, 4.69) is 10.6 Å². The van der Waals surface area contributed by atoms with E-state index in [4.69, 9.17) is 16.7 Å². The number of amides is 2. The monoisotopic (exact) mass is 302 g/mol. The molecule has 0 fully saturated rings. The molecule has 1 unspecified atom stereocenters. The molecule has 3 N–H and O–H groups in total. The topological polar surface area (TPSA) is 78.4 Å². The maximum absolute atomic E-state index is 12.9. The summed E-state index contributed by atoms with van der Waals surface area (Å²) >= 11 is 5.89. The molecule has 20 heavy (non-hydrogen) atoms. The molecule has 5 nitrogen and oxygen atoms in total. The van der Waals surface area contributed by atoms with Crippen LogP contribution in [0.25, 0.3) is 0 Å². The maximum atomic E-state index is 12.9. The number of carbonyl (C=O) groups is 2. The predicted octanol–water partition coefficient (Wildman–Crippen LogP) is 2.70. The highest BCUT2D eigenvalue weighted by atomic mass is 35.5. The van der Waals surface area contributed by atoms with Crippen LogP contribution in [0.5, 0.6) is 0 Å². The fourth-order valence-corrected chi connectivity index (χ4v) is 1.95. The minimum Gasteiger partial charge on any atom is -0.481 e. The quantitative estimate of drug-likeness (QED) is 0.707. The van der Waals surface area contributed by atoms with E-state index in [-0.39, 0.29) is 24.0 Å². The van der Waals surface area contributed by atoms with Gasteiger partial charge in [0.05, 0.1) is 6.04 Å². The second-order valence-corrected chi connectivity index (χ2v) is 4.69. The average molecular weight is 303 g/mol. The first-order valence-electron chi connectivity index (χ1n) is 6.11. The lowest BCUT2D eigenvalue weighted by molar-refractivity contribution is -0.137. The zero-order chi connectivity index (χ0) is 15.1. The number of nitrogens with one attached hydrogen (secondary N) is 2. The Morgan fingerprint density at radius 1 is 1.45 bits per heavy atom. The van der Waals surface area contributed by atoms with Gasteiger partial charge in [0.1, 0.15) is 5.82 Å². The molecule has 0 heterocycles. The Labute approximate surface area is 121 Å². The van der Waals surface area contributed by atoms with Crippen molar-refractivity contribution in [2.45, 2.75) is 25.8 Å². The summed E-state index contributed by atoms with van der Waals surface area (Å²) < 4.78 is 12.9. The van der Waals surface area contributed by atoms with Gasteiger partial charge in [0.15, 0.2) is 0 Å². The van der Waals surface area contributed by atoms with Crippen molar-refractivity contribution in [1.29, 1.82) is 0 Å². The van der Waals surface area contributed by atoms with Crippen LogP contribution in [0.1, 0.15) is 31.4 Å². The standard InChI is InChI=1S/C13H16ClFN2O3/c1-8(10-5-4-9(15)7-11(10)14)17-13(20)16-6-2-3-12(18)19/h4-5,7-8H,2-3,6H2,1H3,(H,18,19)(H2,16,17,20). The molecule has 7 heteroatoms. The average Bonchev–Trinajstić information content (AvgIpc) is 2.34. The Morgan fingerprint density at radius 2 is 2.15 bits per heavy atom. The first kappa shape index (κ1) is 16.2. The van der Waals surface area contributed by atoms with Crippen LogP contribution in [0.2, 0.25) is 5.02 Å². The minimum absolute atomic E-state index is 0.000373. The fraction of sp³-hybridized carbons (Fsp3) is 0.385. The molecule has 0 aliphatic carbocycles. The highest BCUT2D eigenvalue weighted by Crippen LogP contribution is 2.23. The molecule has 0 bridgehead atoms. The van der Waals surface area contributed by atoms with Crippen molar-refractivity contribution in [3.05, 3.63) is 34.6 Å². The van der Waals surface area contributed by atoms with Crippen molar-refractivity contribution in [3.63, 3.8) is 0 Å². The molecule has 0 spiro atoms. The van der Waals surface area contributed by atoms with E-state index in [1.54, 1.807) is 6.92 Å². The molecule has 0 saturated carbocycles. The van der Waals surface area contributed by atoms with Crippen molar-refractivity contribution in [3.8, 4) is 0 Å². The van der Waals surface area contributed by atoms with E-state index in [0.717, 1.165) is 0 Å². The number of urea groups is 1. The first-order valence-corrected chi connectivity index (χ1v) is 6.49. The fourth-order valence-electron chi connectivity index (χ4n) is 1.62. The van der Waals surface area contributed by atoms with E-state index in [0.29, 0.717) is 12.0 Å². The summed E-state index contributed by atoms with van der Waals surface area (Å²) in [7, 11) is 0. The summed E-state index contributed by atoms with van der Waals surface area (Å²) in [6, 6.07) is 3.14. The maximum Gasteiger partial charge on any atom is 0.315 e. The van der Waals surface area contributed by atoms with E-state index in [1.165, 1.54) is 18.2 Å². The molecule has 2 amide bonds. The molecule has 110 valence electrons. The van der Waals surface area contributed by atoms with Crippen LogP contribution in [0, 0.1) is 5.82 Å². The van der Waals surface area contributed by atoms with Crippen LogP contribution in [0.4, 0.5) is 9.18 Å². The van der Waals surface area contributed by atoms with E-state index >= 15 is 0 Å². The lowest BCUT2D eigenvalue weighted by atomic mass is 10.1. The van der Waals surface area contributed by atoms with Crippen LogP contribution in [-0.4, -0.2) is 23.7 Å². The Morgan fingerprint density at radius 3 is 2.75 bits per heavy atom. The van der Waals surface area contributed by atoms with Gasteiger partial charge in [0, 0.05) is 18.0 Å². The zero-order valence-electron chi connectivity index (χ0n) is 11.0. The first-order chi connectivity index (χ1) is 9.40. The summed E-state index contributed by atoms with van der Waals surface area (Å²) in [6.45, 7) is 1.98. The van der Waals surface area contributed by atoms with Gasteiger partial charge in [-0.2, -0.15) is 0 Å². The Bertz CT molecular complexity index is 497. The summed E-state index contributed by atoms with van der Waals surface area (Å²) in [4.78, 5) is 21.9. The molecule has 1 atom stereocenters. The van der Waals surface area contributed by atoms with Crippen molar-refractivity contribution >= 4 is 23.6 Å². The summed E-state index contributed by atoms with van der Waals surface area (Å²) in [5.41, 5.74) is 0.605. The van der Waals surface area contributed by atoms with Gasteiger partial charge in [-0.25, -0.2) is 9.18 Å². The van der Waals surface area contributed by atoms with Crippen molar-refractivity contribution in [2.75, 3.05) is 6.54 Å². The minimum atomic E-state index is -0.904. The van der Waals surface area contributed by atoms with E-state index in [9.17, 15) is 14.0 Å². The number of benzene rings is 1. The molecule has 0 saturated heterocycles.